The number of rotatable bonds is 6. The van der Waals surface area contributed by atoms with Gasteiger partial charge in [-0.3, -0.25) is 9.59 Å². The Balaban J connectivity index is 1.78. The molecule has 8 nitrogen and oxygen atoms in total. The van der Waals surface area contributed by atoms with Crippen LogP contribution in [0.4, 0.5) is 0 Å². The summed E-state index contributed by atoms with van der Waals surface area (Å²) in [6, 6.07) is 5.91. The van der Waals surface area contributed by atoms with Crippen LogP contribution in [-0.2, 0) is 14.3 Å². The lowest BCUT2D eigenvalue weighted by Crippen LogP contribution is -2.40. The Morgan fingerprint density at radius 1 is 1.03 bits per heavy atom. The molecular formula is C27H33N3O5. The van der Waals surface area contributed by atoms with Gasteiger partial charge in [0.2, 0.25) is 0 Å². The average Bonchev–Trinajstić information content (AvgIpc) is 3.27. The van der Waals surface area contributed by atoms with Gasteiger partial charge in [0, 0.05) is 30.0 Å². The number of aromatic amines is 1. The van der Waals surface area contributed by atoms with Crippen molar-refractivity contribution in [2.45, 2.75) is 46.1 Å². The van der Waals surface area contributed by atoms with Gasteiger partial charge < -0.3 is 24.6 Å². The second-order valence-electron chi connectivity index (χ2n) is 9.38. The van der Waals surface area contributed by atoms with Crippen LogP contribution >= 0.6 is 0 Å². The molecule has 3 heterocycles. The minimum absolute atomic E-state index is 0.0738. The van der Waals surface area contributed by atoms with Crippen molar-refractivity contribution in [2.75, 3.05) is 33.3 Å². The first-order chi connectivity index (χ1) is 16.7. The van der Waals surface area contributed by atoms with E-state index >= 15 is 0 Å². The third-order valence-corrected chi connectivity index (χ3v) is 7.22. The fraction of sp³-hybridized carbons (Fsp3) is 0.444. The monoisotopic (exact) mass is 479 g/mol. The molecule has 8 heteroatoms. The molecule has 4 rings (SSSR count). The van der Waals surface area contributed by atoms with Gasteiger partial charge in [-0.1, -0.05) is 18.6 Å². The lowest BCUT2D eigenvalue weighted by molar-refractivity contribution is -0.140. The highest BCUT2D eigenvalue weighted by atomic mass is 16.5. The van der Waals surface area contributed by atoms with Gasteiger partial charge in [-0.05, 0) is 70.0 Å². The number of piperidine rings is 1. The molecule has 1 aromatic heterocycles. The fourth-order valence-electron chi connectivity index (χ4n) is 5.20. The SMILES string of the molecule is COC(=O)c1ccc(C2/C(=C(\O)c3c(C)[nH]c(C)c3C)C(=O)C(=O)N2CCN2CCCCC2)cc1. The third-order valence-electron chi connectivity index (χ3n) is 7.22. The lowest BCUT2D eigenvalue weighted by atomic mass is 9.93. The standard InChI is InChI=1S/C27H33N3O5/c1-16-17(2)28-18(3)21(16)24(31)22-23(19-8-10-20(11-9-19)27(34)35-4)30(26(33)25(22)32)15-14-29-12-6-5-7-13-29/h8-11,23,28,31H,5-7,12-15H2,1-4H3/b24-22+. The van der Waals surface area contributed by atoms with E-state index in [9.17, 15) is 19.5 Å². The predicted molar refractivity (Wildman–Crippen MR) is 132 cm³/mol. The molecule has 0 spiro atoms. The molecule has 0 radical (unpaired) electrons. The number of H-pyrrole nitrogens is 1. The second kappa shape index (κ2) is 10.1. The Morgan fingerprint density at radius 3 is 2.26 bits per heavy atom. The van der Waals surface area contributed by atoms with Crippen molar-refractivity contribution in [1.29, 1.82) is 0 Å². The first-order valence-electron chi connectivity index (χ1n) is 12.1. The molecule has 1 aromatic carbocycles. The minimum Gasteiger partial charge on any atom is -0.507 e. The number of esters is 1. The number of hydrogen-bond donors (Lipinski definition) is 2. The largest absolute Gasteiger partial charge is 0.507 e. The number of amides is 1. The van der Waals surface area contributed by atoms with E-state index in [1.165, 1.54) is 13.5 Å². The van der Waals surface area contributed by atoms with Crippen LogP contribution in [0.1, 0.15) is 63.7 Å². The first kappa shape index (κ1) is 24.7. The normalized spacial score (nSPS) is 20.5. The van der Waals surface area contributed by atoms with Crippen LogP contribution in [0.3, 0.4) is 0 Å². The van der Waals surface area contributed by atoms with E-state index in [1.54, 1.807) is 29.2 Å². The van der Waals surface area contributed by atoms with Gasteiger partial charge in [-0.2, -0.15) is 0 Å². The zero-order chi connectivity index (χ0) is 25.3. The number of aliphatic hydroxyl groups excluding tert-OH is 1. The Bertz CT molecular complexity index is 1170. The molecular weight excluding hydrogens is 446 g/mol. The smallest absolute Gasteiger partial charge is 0.337 e. The van der Waals surface area contributed by atoms with Gasteiger partial charge in [0.05, 0.1) is 24.3 Å². The van der Waals surface area contributed by atoms with Crippen molar-refractivity contribution >= 4 is 23.4 Å². The Kier molecular flexibility index (Phi) is 7.12. The maximum atomic E-state index is 13.3. The molecule has 35 heavy (non-hydrogen) atoms. The molecule has 1 atom stereocenters. The van der Waals surface area contributed by atoms with Gasteiger partial charge in [-0.15, -0.1) is 0 Å². The number of aryl methyl sites for hydroxylation is 2. The molecule has 2 aliphatic rings. The van der Waals surface area contributed by atoms with Crippen LogP contribution in [0.5, 0.6) is 0 Å². The van der Waals surface area contributed by atoms with E-state index in [1.807, 2.05) is 20.8 Å². The van der Waals surface area contributed by atoms with E-state index in [-0.39, 0.29) is 11.3 Å². The molecule has 1 unspecified atom stereocenters. The van der Waals surface area contributed by atoms with E-state index < -0.39 is 23.7 Å². The van der Waals surface area contributed by atoms with Gasteiger partial charge in [0.25, 0.3) is 11.7 Å². The number of benzene rings is 1. The number of likely N-dealkylation sites (tertiary alicyclic amines) is 2. The number of aromatic nitrogens is 1. The van der Waals surface area contributed by atoms with Crippen LogP contribution in [0, 0.1) is 20.8 Å². The zero-order valence-corrected chi connectivity index (χ0v) is 20.8. The summed E-state index contributed by atoms with van der Waals surface area (Å²) in [5.74, 6) is -1.95. The number of nitrogens with one attached hydrogen (secondary N) is 1. The Labute approximate surface area is 205 Å². The van der Waals surface area contributed by atoms with Gasteiger partial charge >= 0.3 is 5.97 Å². The highest BCUT2D eigenvalue weighted by molar-refractivity contribution is 6.46. The number of carbonyl (C=O) groups excluding carboxylic acids is 3. The molecule has 2 fully saturated rings. The molecule has 2 aromatic rings. The van der Waals surface area contributed by atoms with E-state index in [4.69, 9.17) is 4.74 Å². The molecule has 0 saturated carbocycles. The maximum Gasteiger partial charge on any atom is 0.337 e. The van der Waals surface area contributed by atoms with Crippen LogP contribution in [-0.4, -0.2) is 70.8 Å². The van der Waals surface area contributed by atoms with Crippen LogP contribution in [0.25, 0.3) is 5.76 Å². The molecule has 2 N–H and O–H groups in total. The summed E-state index contributed by atoms with van der Waals surface area (Å²) in [5.41, 5.74) is 4.10. The van der Waals surface area contributed by atoms with Crippen molar-refractivity contribution in [3.8, 4) is 0 Å². The Morgan fingerprint density at radius 2 is 1.69 bits per heavy atom. The molecule has 0 bridgehead atoms. The number of aliphatic hydroxyl groups is 1. The van der Waals surface area contributed by atoms with E-state index in [0.717, 1.165) is 42.9 Å². The van der Waals surface area contributed by atoms with E-state index in [0.29, 0.717) is 29.8 Å². The second-order valence-corrected chi connectivity index (χ2v) is 9.38. The maximum absolute atomic E-state index is 13.3. The summed E-state index contributed by atoms with van der Waals surface area (Å²) in [6.45, 7) is 8.59. The fourth-order valence-corrected chi connectivity index (χ4v) is 5.20. The van der Waals surface area contributed by atoms with Crippen LogP contribution in [0.15, 0.2) is 29.8 Å². The van der Waals surface area contributed by atoms with Gasteiger partial charge in [0.15, 0.2) is 0 Å². The summed E-state index contributed by atoms with van der Waals surface area (Å²) >= 11 is 0. The number of carbonyl (C=O) groups is 3. The van der Waals surface area contributed by atoms with Crippen molar-refractivity contribution in [2.24, 2.45) is 0 Å². The zero-order valence-electron chi connectivity index (χ0n) is 20.8. The van der Waals surface area contributed by atoms with E-state index in [2.05, 4.69) is 9.88 Å². The highest BCUT2D eigenvalue weighted by Crippen LogP contribution is 2.40. The van der Waals surface area contributed by atoms with Crippen molar-refractivity contribution in [3.05, 3.63) is 63.5 Å². The molecule has 186 valence electrons. The Hall–Kier alpha value is -3.39. The summed E-state index contributed by atoms with van der Waals surface area (Å²) < 4.78 is 4.79. The minimum atomic E-state index is -0.750. The number of hydrogen-bond acceptors (Lipinski definition) is 6. The summed E-state index contributed by atoms with van der Waals surface area (Å²) in [7, 11) is 1.31. The predicted octanol–water partition coefficient (Wildman–Crippen LogP) is 3.63. The number of methoxy groups -OCH3 is 1. The molecule has 2 saturated heterocycles. The van der Waals surface area contributed by atoms with Gasteiger partial charge in [0.1, 0.15) is 5.76 Å². The highest BCUT2D eigenvalue weighted by Gasteiger charge is 2.46. The summed E-state index contributed by atoms with van der Waals surface area (Å²) in [5, 5.41) is 11.4. The summed E-state index contributed by atoms with van der Waals surface area (Å²) in [6.07, 6.45) is 3.47. The topological polar surface area (TPSA) is 103 Å². The summed E-state index contributed by atoms with van der Waals surface area (Å²) in [4.78, 5) is 45.5. The lowest BCUT2D eigenvalue weighted by Gasteiger charge is -2.31. The number of nitrogens with zero attached hydrogens (tertiary/aromatic N) is 2. The molecule has 0 aliphatic carbocycles. The van der Waals surface area contributed by atoms with Crippen molar-refractivity contribution < 1.29 is 24.2 Å². The van der Waals surface area contributed by atoms with Gasteiger partial charge in [-0.25, -0.2) is 4.79 Å². The van der Waals surface area contributed by atoms with Crippen LogP contribution < -0.4 is 0 Å². The number of Topliss-reactive ketones (excluding diaryl/α,β-unsaturated/α-hetero) is 1. The quantitative estimate of drug-likeness (QED) is 0.284. The third kappa shape index (κ3) is 4.62. The van der Waals surface area contributed by atoms with Crippen molar-refractivity contribution in [3.63, 3.8) is 0 Å². The first-order valence-corrected chi connectivity index (χ1v) is 12.1. The van der Waals surface area contributed by atoms with Crippen LogP contribution in [0.2, 0.25) is 0 Å². The molecule has 2 aliphatic heterocycles. The van der Waals surface area contributed by atoms with Crippen molar-refractivity contribution in [1.82, 2.24) is 14.8 Å². The molecule has 1 amide bonds. The average molecular weight is 480 g/mol. The number of ketones is 1. The number of ether oxygens (including phenoxy) is 1.